The Hall–Kier alpha value is -0.900. The molecule has 20 heavy (non-hydrogen) atoms. The molecule has 3 nitrogen and oxygen atoms in total. The number of nitrogens with two attached hydrogens (primary N) is 1. The zero-order chi connectivity index (χ0) is 14.8. The van der Waals surface area contributed by atoms with Crippen molar-refractivity contribution >= 4 is 0 Å². The maximum absolute atomic E-state index is 5.99. The first-order valence-electron chi connectivity index (χ1n) is 7.60. The first kappa shape index (κ1) is 15.5. The van der Waals surface area contributed by atoms with E-state index in [9.17, 15) is 0 Å². The van der Waals surface area contributed by atoms with Crippen LogP contribution in [0.2, 0.25) is 0 Å². The van der Waals surface area contributed by atoms with Gasteiger partial charge in [0, 0.05) is 25.7 Å². The molecule has 1 aromatic rings. The van der Waals surface area contributed by atoms with Crippen LogP contribution in [-0.2, 0) is 4.74 Å². The molecule has 0 aliphatic carbocycles. The average Bonchev–Trinajstić information content (AvgIpc) is 2.83. The van der Waals surface area contributed by atoms with Crippen LogP contribution in [0.5, 0.6) is 0 Å². The third-order valence-electron chi connectivity index (χ3n) is 4.52. The van der Waals surface area contributed by atoms with Crippen LogP contribution in [-0.4, -0.2) is 25.3 Å². The Balaban J connectivity index is 2.10. The van der Waals surface area contributed by atoms with Gasteiger partial charge < -0.3 is 15.8 Å². The van der Waals surface area contributed by atoms with Crippen molar-refractivity contribution in [1.29, 1.82) is 0 Å². The molecular formula is C17H28N2O. The van der Waals surface area contributed by atoms with Gasteiger partial charge in [0.25, 0.3) is 0 Å². The van der Waals surface area contributed by atoms with Crippen molar-refractivity contribution in [3.05, 3.63) is 34.4 Å². The van der Waals surface area contributed by atoms with Gasteiger partial charge in [-0.2, -0.15) is 0 Å². The second-order valence-corrected chi connectivity index (χ2v) is 6.36. The van der Waals surface area contributed by atoms with Crippen LogP contribution in [0, 0.1) is 20.8 Å². The van der Waals surface area contributed by atoms with E-state index < -0.39 is 0 Å². The monoisotopic (exact) mass is 276 g/mol. The summed E-state index contributed by atoms with van der Waals surface area (Å²) in [5, 5.41) is 3.61. The van der Waals surface area contributed by atoms with E-state index in [-0.39, 0.29) is 11.6 Å². The van der Waals surface area contributed by atoms with Crippen LogP contribution in [0.3, 0.4) is 0 Å². The maximum Gasteiger partial charge on any atom is 0.0779 e. The van der Waals surface area contributed by atoms with Crippen LogP contribution in [0.4, 0.5) is 0 Å². The SMILES string of the molecule is Cc1cc(C)c(C(CN)NCC2(C)CCCO2)cc1C. The molecule has 3 N–H and O–H groups in total. The van der Waals surface area contributed by atoms with E-state index in [2.05, 4.69) is 45.1 Å². The molecule has 2 unspecified atom stereocenters. The summed E-state index contributed by atoms with van der Waals surface area (Å²) in [7, 11) is 0. The Morgan fingerprint density at radius 1 is 1.25 bits per heavy atom. The van der Waals surface area contributed by atoms with Gasteiger partial charge in [0.15, 0.2) is 0 Å². The minimum Gasteiger partial charge on any atom is -0.374 e. The lowest BCUT2D eigenvalue weighted by molar-refractivity contribution is 0.0189. The third kappa shape index (κ3) is 3.40. The number of benzene rings is 1. The number of nitrogens with one attached hydrogen (secondary N) is 1. The van der Waals surface area contributed by atoms with Gasteiger partial charge in [-0.1, -0.05) is 12.1 Å². The van der Waals surface area contributed by atoms with Gasteiger partial charge in [0.05, 0.1) is 5.60 Å². The number of hydrogen-bond donors (Lipinski definition) is 2. The highest BCUT2D eigenvalue weighted by molar-refractivity contribution is 5.38. The lowest BCUT2D eigenvalue weighted by Crippen LogP contribution is -2.41. The average molecular weight is 276 g/mol. The lowest BCUT2D eigenvalue weighted by Gasteiger charge is -2.28. The Morgan fingerprint density at radius 3 is 2.55 bits per heavy atom. The fourth-order valence-corrected chi connectivity index (χ4v) is 2.99. The van der Waals surface area contributed by atoms with Crippen LogP contribution in [0.1, 0.15) is 48.1 Å². The van der Waals surface area contributed by atoms with E-state index in [1.54, 1.807) is 0 Å². The number of ether oxygens (including phenoxy) is 1. The normalized spacial score (nSPS) is 24.1. The van der Waals surface area contributed by atoms with Gasteiger partial charge in [0.1, 0.15) is 0 Å². The van der Waals surface area contributed by atoms with Crippen molar-refractivity contribution < 1.29 is 4.74 Å². The molecular weight excluding hydrogens is 248 g/mol. The van der Waals surface area contributed by atoms with Crippen molar-refractivity contribution in [2.45, 2.75) is 52.2 Å². The van der Waals surface area contributed by atoms with E-state index in [0.717, 1.165) is 26.0 Å². The lowest BCUT2D eigenvalue weighted by atomic mass is 9.95. The van der Waals surface area contributed by atoms with E-state index in [1.807, 2.05) is 0 Å². The molecule has 0 amide bonds. The number of aryl methyl sites for hydroxylation is 3. The second kappa shape index (κ2) is 6.25. The van der Waals surface area contributed by atoms with Crippen LogP contribution >= 0.6 is 0 Å². The van der Waals surface area contributed by atoms with Crippen LogP contribution in [0.25, 0.3) is 0 Å². The third-order valence-corrected chi connectivity index (χ3v) is 4.52. The fraction of sp³-hybridized carbons (Fsp3) is 0.647. The van der Waals surface area contributed by atoms with Gasteiger partial charge in [-0.25, -0.2) is 0 Å². The topological polar surface area (TPSA) is 47.3 Å². The summed E-state index contributed by atoms with van der Waals surface area (Å²) in [6.45, 7) is 11.0. The summed E-state index contributed by atoms with van der Waals surface area (Å²) in [4.78, 5) is 0. The fourth-order valence-electron chi connectivity index (χ4n) is 2.99. The Kier molecular flexibility index (Phi) is 4.84. The van der Waals surface area contributed by atoms with Gasteiger partial charge >= 0.3 is 0 Å². The second-order valence-electron chi connectivity index (χ2n) is 6.36. The van der Waals surface area contributed by atoms with Gasteiger partial charge in [-0.3, -0.25) is 0 Å². The molecule has 1 heterocycles. The molecule has 1 aliphatic heterocycles. The van der Waals surface area contributed by atoms with Gasteiger partial charge in [-0.15, -0.1) is 0 Å². The zero-order valence-electron chi connectivity index (χ0n) is 13.3. The van der Waals surface area contributed by atoms with Crippen molar-refractivity contribution in [2.24, 2.45) is 5.73 Å². The van der Waals surface area contributed by atoms with E-state index in [0.29, 0.717) is 6.54 Å². The maximum atomic E-state index is 5.99. The molecule has 1 aliphatic rings. The van der Waals surface area contributed by atoms with E-state index >= 15 is 0 Å². The molecule has 112 valence electrons. The van der Waals surface area contributed by atoms with Crippen molar-refractivity contribution in [2.75, 3.05) is 19.7 Å². The van der Waals surface area contributed by atoms with E-state index in [1.165, 1.54) is 22.3 Å². The van der Waals surface area contributed by atoms with Crippen molar-refractivity contribution in [1.82, 2.24) is 5.32 Å². The minimum absolute atomic E-state index is 0.0267. The summed E-state index contributed by atoms with van der Waals surface area (Å²) < 4.78 is 5.84. The molecule has 0 aromatic heterocycles. The summed E-state index contributed by atoms with van der Waals surface area (Å²) >= 11 is 0. The Labute approximate surface area is 122 Å². The van der Waals surface area contributed by atoms with Crippen LogP contribution in [0.15, 0.2) is 12.1 Å². The summed E-state index contributed by atoms with van der Waals surface area (Å²) in [5.74, 6) is 0. The summed E-state index contributed by atoms with van der Waals surface area (Å²) in [6, 6.07) is 4.73. The Bertz CT molecular complexity index is 464. The molecule has 2 atom stereocenters. The molecule has 1 aromatic carbocycles. The number of hydrogen-bond acceptors (Lipinski definition) is 3. The molecule has 1 fully saturated rings. The molecule has 0 bridgehead atoms. The predicted molar refractivity (Wildman–Crippen MR) is 84.0 cm³/mol. The Morgan fingerprint density at radius 2 is 1.95 bits per heavy atom. The molecule has 1 saturated heterocycles. The largest absolute Gasteiger partial charge is 0.374 e. The zero-order valence-corrected chi connectivity index (χ0v) is 13.3. The quantitative estimate of drug-likeness (QED) is 0.869. The summed E-state index contributed by atoms with van der Waals surface area (Å²) in [5.41, 5.74) is 11.3. The van der Waals surface area contributed by atoms with Crippen molar-refractivity contribution in [3.63, 3.8) is 0 Å². The van der Waals surface area contributed by atoms with Crippen LogP contribution < -0.4 is 11.1 Å². The molecule has 3 heteroatoms. The summed E-state index contributed by atoms with van der Waals surface area (Å²) in [6.07, 6.45) is 2.29. The predicted octanol–water partition coefficient (Wildman–Crippen LogP) is 2.77. The standard InChI is InChI=1S/C17H28N2O/c1-12-8-14(3)15(9-13(12)2)16(10-18)19-11-17(4)6-5-7-20-17/h8-9,16,19H,5-7,10-11,18H2,1-4H3. The van der Waals surface area contributed by atoms with E-state index in [4.69, 9.17) is 10.5 Å². The highest BCUT2D eigenvalue weighted by Gasteiger charge is 2.30. The molecule has 2 rings (SSSR count). The smallest absolute Gasteiger partial charge is 0.0779 e. The highest BCUT2D eigenvalue weighted by atomic mass is 16.5. The molecule has 0 saturated carbocycles. The molecule has 0 spiro atoms. The number of rotatable bonds is 5. The minimum atomic E-state index is -0.0267. The first-order chi connectivity index (χ1) is 9.45. The highest BCUT2D eigenvalue weighted by Crippen LogP contribution is 2.26. The first-order valence-corrected chi connectivity index (χ1v) is 7.60. The van der Waals surface area contributed by atoms with Crippen molar-refractivity contribution in [3.8, 4) is 0 Å². The van der Waals surface area contributed by atoms with Gasteiger partial charge in [0.2, 0.25) is 0 Å². The molecule has 0 radical (unpaired) electrons. The van der Waals surface area contributed by atoms with Gasteiger partial charge in [-0.05, 0) is 62.8 Å².